The summed E-state index contributed by atoms with van der Waals surface area (Å²) in [5.74, 6) is 0. The van der Waals surface area contributed by atoms with Gasteiger partial charge in [-0.25, -0.2) is 0 Å². The van der Waals surface area contributed by atoms with E-state index < -0.39 is 0 Å². The van der Waals surface area contributed by atoms with Crippen LogP contribution in [0.4, 0.5) is 0 Å². The molecule has 0 aliphatic carbocycles. The number of halogens is 2. The van der Waals surface area contributed by atoms with E-state index in [9.17, 15) is 0 Å². The van der Waals surface area contributed by atoms with Crippen LogP contribution < -0.4 is 5.32 Å². The fraction of sp³-hybridized carbons (Fsp3) is 0.700. The molecular weight excluding hydrogens is 247 g/mol. The van der Waals surface area contributed by atoms with Gasteiger partial charge in [0.2, 0.25) is 0 Å². The third-order valence-corrected chi connectivity index (χ3v) is 2.84. The van der Waals surface area contributed by atoms with E-state index in [0.717, 1.165) is 26.2 Å². The van der Waals surface area contributed by atoms with Crippen LogP contribution >= 0.6 is 24.8 Å². The van der Waals surface area contributed by atoms with Crippen molar-refractivity contribution in [3.05, 3.63) is 18.0 Å². The van der Waals surface area contributed by atoms with Crippen LogP contribution in [-0.2, 0) is 13.1 Å². The van der Waals surface area contributed by atoms with Crippen molar-refractivity contribution in [3.8, 4) is 0 Å². The van der Waals surface area contributed by atoms with Gasteiger partial charge in [-0.15, -0.1) is 24.8 Å². The summed E-state index contributed by atoms with van der Waals surface area (Å²) >= 11 is 0. The van der Waals surface area contributed by atoms with Gasteiger partial charge in [0.25, 0.3) is 0 Å². The zero-order valence-electron chi connectivity index (χ0n) is 9.72. The Bertz CT molecular complexity index is 303. The molecule has 0 radical (unpaired) electrons. The van der Waals surface area contributed by atoms with Gasteiger partial charge in [0.1, 0.15) is 0 Å². The molecule has 0 saturated carbocycles. The Morgan fingerprint density at radius 3 is 2.88 bits per heavy atom. The highest BCUT2D eigenvalue weighted by atomic mass is 35.5. The van der Waals surface area contributed by atoms with Crippen LogP contribution in [0.5, 0.6) is 0 Å². The van der Waals surface area contributed by atoms with E-state index in [4.69, 9.17) is 0 Å². The first-order valence-electron chi connectivity index (χ1n) is 5.20. The van der Waals surface area contributed by atoms with Crippen molar-refractivity contribution in [1.29, 1.82) is 0 Å². The maximum atomic E-state index is 4.26. The predicted molar refractivity (Wildman–Crippen MR) is 70.5 cm³/mol. The van der Waals surface area contributed by atoms with E-state index in [1.807, 2.05) is 13.2 Å². The highest BCUT2D eigenvalue weighted by Crippen LogP contribution is 2.10. The van der Waals surface area contributed by atoms with Crippen LogP contribution in [-0.4, -0.2) is 40.9 Å². The molecule has 0 amide bonds. The Hall–Kier alpha value is -0.290. The maximum absolute atomic E-state index is 4.26. The number of hydrogen-bond acceptors (Lipinski definition) is 3. The monoisotopic (exact) mass is 266 g/mol. The SMILES string of the molecule is CN[C@@H](C)CN1CCn2nccc2C1.Cl.Cl. The first-order chi connectivity index (χ1) is 6.79. The lowest BCUT2D eigenvalue weighted by molar-refractivity contribution is 0.198. The number of aromatic nitrogens is 2. The van der Waals surface area contributed by atoms with Gasteiger partial charge >= 0.3 is 0 Å². The largest absolute Gasteiger partial charge is 0.316 e. The molecule has 1 aromatic rings. The minimum absolute atomic E-state index is 0. The molecule has 4 nitrogen and oxygen atoms in total. The summed E-state index contributed by atoms with van der Waals surface area (Å²) in [5.41, 5.74) is 1.33. The zero-order chi connectivity index (χ0) is 9.97. The van der Waals surface area contributed by atoms with Gasteiger partial charge in [0.05, 0.1) is 12.2 Å². The molecule has 0 fully saturated rings. The molecule has 2 heterocycles. The molecule has 6 heteroatoms. The fourth-order valence-electron chi connectivity index (χ4n) is 1.87. The first-order valence-corrected chi connectivity index (χ1v) is 5.20. The molecule has 1 aromatic heterocycles. The molecule has 0 spiro atoms. The number of nitrogens with zero attached hydrogens (tertiary/aromatic N) is 3. The average molecular weight is 267 g/mol. The lowest BCUT2D eigenvalue weighted by Crippen LogP contribution is -2.41. The van der Waals surface area contributed by atoms with E-state index >= 15 is 0 Å². The van der Waals surface area contributed by atoms with E-state index in [-0.39, 0.29) is 24.8 Å². The number of fused-ring (bicyclic) bond motifs is 1. The van der Waals surface area contributed by atoms with Gasteiger partial charge in [-0.05, 0) is 20.0 Å². The molecule has 2 rings (SSSR count). The van der Waals surface area contributed by atoms with Crippen LogP contribution in [0.2, 0.25) is 0 Å². The number of hydrogen-bond donors (Lipinski definition) is 1. The second-order valence-electron chi connectivity index (χ2n) is 3.97. The highest BCUT2D eigenvalue weighted by molar-refractivity contribution is 5.85. The Balaban J connectivity index is 0.00000112. The lowest BCUT2D eigenvalue weighted by atomic mass is 10.2. The standard InChI is InChI=1S/C10H18N4.2ClH/c1-9(11-2)7-13-5-6-14-10(8-13)3-4-12-14;;/h3-4,9,11H,5-8H2,1-2H3;2*1H/t9-;;/m0../s1. The van der Waals surface area contributed by atoms with Crippen molar-refractivity contribution in [3.63, 3.8) is 0 Å². The molecule has 0 saturated heterocycles. The summed E-state index contributed by atoms with van der Waals surface area (Å²) < 4.78 is 2.10. The molecule has 0 aromatic carbocycles. The Morgan fingerprint density at radius 1 is 1.44 bits per heavy atom. The summed E-state index contributed by atoms with van der Waals surface area (Å²) in [6, 6.07) is 2.67. The molecule has 0 unspecified atom stereocenters. The number of rotatable bonds is 3. The molecule has 1 aliphatic rings. The summed E-state index contributed by atoms with van der Waals surface area (Å²) in [4.78, 5) is 2.47. The van der Waals surface area contributed by atoms with Crippen LogP contribution in [0.25, 0.3) is 0 Å². The van der Waals surface area contributed by atoms with Gasteiger partial charge in [0.15, 0.2) is 0 Å². The first kappa shape index (κ1) is 15.7. The Morgan fingerprint density at radius 2 is 2.19 bits per heavy atom. The van der Waals surface area contributed by atoms with Crippen molar-refractivity contribution in [2.75, 3.05) is 20.1 Å². The van der Waals surface area contributed by atoms with Gasteiger partial charge in [-0.3, -0.25) is 9.58 Å². The quantitative estimate of drug-likeness (QED) is 0.892. The molecule has 1 N–H and O–H groups in total. The number of nitrogens with one attached hydrogen (secondary N) is 1. The Kier molecular flexibility index (Phi) is 6.99. The second kappa shape index (κ2) is 7.12. The van der Waals surface area contributed by atoms with Crippen LogP contribution in [0.15, 0.2) is 12.3 Å². The third-order valence-electron chi connectivity index (χ3n) is 2.84. The molecule has 1 aliphatic heterocycles. The van der Waals surface area contributed by atoms with E-state index in [1.54, 1.807) is 0 Å². The molecule has 0 bridgehead atoms. The number of likely N-dealkylation sites (N-methyl/N-ethyl adjacent to an activating group) is 1. The van der Waals surface area contributed by atoms with Gasteiger partial charge in [0, 0.05) is 31.9 Å². The van der Waals surface area contributed by atoms with Gasteiger partial charge < -0.3 is 5.32 Å². The summed E-state index contributed by atoms with van der Waals surface area (Å²) in [7, 11) is 2.01. The van der Waals surface area contributed by atoms with Crippen LogP contribution in [0, 0.1) is 0 Å². The highest BCUT2D eigenvalue weighted by Gasteiger charge is 2.17. The van der Waals surface area contributed by atoms with Crippen molar-refractivity contribution in [1.82, 2.24) is 20.0 Å². The summed E-state index contributed by atoms with van der Waals surface area (Å²) in [6.07, 6.45) is 1.89. The molecule has 16 heavy (non-hydrogen) atoms. The Labute approximate surface area is 109 Å². The fourth-order valence-corrected chi connectivity index (χ4v) is 1.87. The molecule has 94 valence electrons. The molecule has 1 atom stereocenters. The van der Waals surface area contributed by atoms with E-state index in [1.165, 1.54) is 5.69 Å². The van der Waals surface area contributed by atoms with Crippen molar-refractivity contribution in [2.45, 2.75) is 26.1 Å². The van der Waals surface area contributed by atoms with Crippen LogP contribution in [0.1, 0.15) is 12.6 Å². The smallest absolute Gasteiger partial charge is 0.0540 e. The maximum Gasteiger partial charge on any atom is 0.0540 e. The predicted octanol–water partition coefficient (Wildman–Crippen LogP) is 1.15. The minimum Gasteiger partial charge on any atom is -0.316 e. The lowest BCUT2D eigenvalue weighted by Gasteiger charge is -2.29. The topological polar surface area (TPSA) is 33.1 Å². The third kappa shape index (κ3) is 3.63. The van der Waals surface area contributed by atoms with E-state index in [2.05, 4.69) is 33.0 Å². The average Bonchev–Trinajstić information content (AvgIpc) is 2.64. The van der Waals surface area contributed by atoms with Crippen LogP contribution in [0.3, 0.4) is 0 Å². The van der Waals surface area contributed by atoms with Crippen molar-refractivity contribution < 1.29 is 0 Å². The van der Waals surface area contributed by atoms with Gasteiger partial charge in [-0.1, -0.05) is 0 Å². The van der Waals surface area contributed by atoms with Crippen molar-refractivity contribution in [2.24, 2.45) is 0 Å². The minimum atomic E-state index is 0. The van der Waals surface area contributed by atoms with Crippen molar-refractivity contribution >= 4 is 24.8 Å². The summed E-state index contributed by atoms with van der Waals surface area (Å²) in [5, 5.41) is 7.53. The van der Waals surface area contributed by atoms with Gasteiger partial charge in [-0.2, -0.15) is 5.10 Å². The van der Waals surface area contributed by atoms with E-state index in [0.29, 0.717) is 6.04 Å². The normalized spacial score (nSPS) is 16.9. The zero-order valence-corrected chi connectivity index (χ0v) is 11.4. The summed E-state index contributed by atoms with van der Waals surface area (Å²) in [6.45, 7) is 6.50. The second-order valence-corrected chi connectivity index (χ2v) is 3.97. The molecular formula is C10H20Cl2N4.